The number of carbonyl (C=O) groups excluding carboxylic acids is 1. The van der Waals surface area contributed by atoms with E-state index in [1.54, 1.807) is 13.1 Å². The van der Waals surface area contributed by atoms with Crippen molar-refractivity contribution in [3.63, 3.8) is 0 Å². The largest absolute Gasteiger partial charge is 0.337 e. The van der Waals surface area contributed by atoms with Gasteiger partial charge in [-0.3, -0.25) is 4.79 Å². The molecular formula is C21H22F2N4O. The van der Waals surface area contributed by atoms with E-state index in [2.05, 4.69) is 9.55 Å². The highest BCUT2D eigenvalue weighted by molar-refractivity contribution is 6.04. The third kappa shape index (κ3) is 3.37. The van der Waals surface area contributed by atoms with Gasteiger partial charge in [0.05, 0.1) is 5.56 Å². The summed E-state index contributed by atoms with van der Waals surface area (Å²) in [4.78, 5) is 23.9. The first-order valence-electron chi connectivity index (χ1n) is 9.50. The van der Waals surface area contributed by atoms with Crippen LogP contribution < -0.4 is 0 Å². The van der Waals surface area contributed by atoms with Crippen LogP contribution in [0, 0.1) is 18.6 Å². The van der Waals surface area contributed by atoms with Gasteiger partial charge in [-0.25, -0.2) is 18.7 Å². The molecule has 0 radical (unpaired) electrons. The molecule has 146 valence electrons. The SMILES string of the molecule is Cc1cc(C(=O)N(C)Cc2ccc(F)cc2F)c2nc3n(c2n1)CCCCC3. The van der Waals surface area contributed by atoms with Gasteiger partial charge in [0.1, 0.15) is 23.0 Å². The average Bonchev–Trinajstić information content (AvgIpc) is 2.84. The molecule has 0 fully saturated rings. The van der Waals surface area contributed by atoms with Gasteiger partial charge in [0.2, 0.25) is 0 Å². The van der Waals surface area contributed by atoms with Crippen LogP contribution in [0.15, 0.2) is 24.3 Å². The van der Waals surface area contributed by atoms with E-state index in [1.807, 2.05) is 6.92 Å². The summed E-state index contributed by atoms with van der Waals surface area (Å²) >= 11 is 0. The Kier molecular flexibility index (Phi) is 4.83. The molecule has 4 rings (SSSR count). The van der Waals surface area contributed by atoms with Crippen LogP contribution in [0.2, 0.25) is 0 Å². The van der Waals surface area contributed by atoms with Crippen LogP contribution in [0.3, 0.4) is 0 Å². The number of benzene rings is 1. The second-order valence-corrected chi connectivity index (χ2v) is 7.37. The van der Waals surface area contributed by atoms with Gasteiger partial charge in [0, 0.05) is 43.9 Å². The minimum absolute atomic E-state index is 0.0430. The van der Waals surface area contributed by atoms with E-state index in [0.29, 0.717) is 11.1 Å². The molecule has 1 aliphatic heterocycles. The standard InChI is InChI=1S/C21H22F2N4O/c1-13-10-16(19-20(24-13)27-9-5-3-4-6-18(27)25-19)21(28)26(2)12-14-7-8-15(22)11-17(14)23/h7-8,10-11H,3-6,9,12H2,1-2H3. The zero-order valence-corrected chi connectivity index (χ0v) is 16.0. The summed E-state index contributed by atoms with van der Waals surface area (Å²) in [6.07, 6.45) is 4.19. The van der Waals surface area contributed by atoms with Crippen LogP contribution in [-0.4, -0.2) is 32.4 Å². The molecule has 1 amide bonds. The van der Waals surface area contributed by atoms with E-state index in [1.165, 1.54) is 17.0 Å². The summed E-state index contributed by atoms with van der Waals surface area (Å²) in [5, 5.41) is 0. The Hall–Kier alpha value is -2.83. The molecule has 3 heterocycles. The molecule has 3 aromatic rings. The summed E-state index contributed by atoms with van der Waals surface area (Å²) in [5.74, 6) is -0.593. The fourth-order valence-corrected chi connectivity index (χ4v) is 3.76. The van der Waals surface area contributed by atoms with E-state index in [9.17, 15) is 13.6 Å². The summed E-state index contributed by atoms with van der Waals surface area (Å²) in [5.41, 5.74) is 2.80. The number of fused-ring (bicyclic) bond motifs is 3. The molecule has 0 aliphatic carbocycles. The van der Waals surface area contributed by atoms with E-state index >= 15 is 0 Å². The zero-order chi connectivity index (χ0) is 19.8. The molecule has 0 bridgehead atoms. The van der Waals surface area contributed by atoms with Crippen molar-refractivity contribution in [3.05, 3.63) is 58.5 Å². The number of aromatic nitrogens is 3. The van der Waals surface area contributed by atoms with Gasteiger partial charge < -0.3 is 9.47 Å². The molecule has 0 atom stereocenters. The third-order valence-corrected chi connectivity index (χ3v) is 5.19. The number of amides is 1. The van der Waals surface area contributed by atoms with Crippen molar-refractivity contribution in [3.8, 4) is 0 Å². The lowest BCUT2D eigenvalue weighted by Gasteiger charge is -2.18. The maximum absolute atomic E-state index is 14.0. The van der Waals surface area contributed by atoms with Gasteiger partial charge in [-0.1, -0.05) is 12.5 Å². The second-order valence-electron chi connectivity index (χ2n) is 7.37. The van der Waals surface area contributed by atoms with E-state index in [4.69, 9.17) is 4.98 Å². The molecule has 0 spiro atoms. The minimum atomic E-state index is -0.663. The molecular weight excluding hydrogens is 362 g/mol. The average molecular weight is 384 g/mol. The monoisotopic (exact) mass is 384 g/mol. The summed E-state index contributed by atoms with van der Waals surface area (Å²) < 4.78 is 29.2. The van der Waals surface area contributed by atoms with Crippen LogP contribution in [0.4, 0.5) is 8.78 Å². The number of carbonyl (C=O) groups is 1. The normalized spacial score (nSPS) is 14.0. The lowest BCUT2D eigenvalue weighted by molar-refractivity contribution is 0.0785. The molecule has 1 aliphatic rings. The van der Waals surface area contributed by atoms with Gasteiger partial charge >= 0.3 is 0 Å². The smallest absolute Gasteiger partial charge is 0.256 e. The predicted octanol–water partition coefficient (Wildman–Crippen LogP) is 4.02. The highest BCUT2D eigenvalue weighted by atomic mass is 19.1. The summed E-state index contributed by atoms with van der Waals surface area (Å²) in [7, 11) is 1.60. The number of rotatable bonds is 3. The molecule has 0 saturated carbocycles. The van der Waals surface area contributed by atoms with Crippen LogP contribution in [0.25, 0.3) is 11.2 Å². The maximum atomic E-state index is 14.0. The molecule has 0 unspecified atom stereocenters. The highest BCUT2D eigenvalue weighted by Crippen LogP contribution is 2.25. The number of nitrogens with zero attached hydrogens (tertiary/aromatic N) is 4. The lowest BCUT2D eigenvalue weighted by Crippen LogP contribution is -2.27. The second kappa shape index (κ2) is 7.30. The van der Waals surface area contributed by atoms with Crippen molar-refractivity contribution in [2.24, 2.45) is 0 Å². The number of imidazole rings is 1. The fraction of sp³-hybridized carbons (Fsp3) is 0.381. The van der Waals surface area contributed by atoms with E-state index < -0.39 is 11.6 Å². The van der Waals surface area contributed by atoms with Crippen molar-refractivity contribution < 1.29 is 13.6 Å². The Bertz CT molecular complexity index is 1060. The van der Waals surface area contributed by atoms with Crippen molar-refractivity contribution in [2.45, 2.75) is 45.7 Å². The number of pyridine rings is 1. The van der Waals surface area contributed by atoms with Crippen LogP contribution in [0.5, 0.6) is 0 Å². The molecule has 5 nitrogen and oxygen atoms in total. The predicted molar refractivity (Wildman–Crippen MR) is 102 cm³/mol. The van der Waals surface area contributed by atoms with Crippen molar-refractivity contribution in [1.29, 1.82) is 0 Å². The topological polar surface area (TPSA) is 51.0 Å². The highest BCUT2D eigenvalue weighted by Gasteiger charge is 2.23. The number of hydrogen-bond acceptors (Lipinski definition) is 3. The van der Waals surface area contributed by atoms with Gasteiger partial charge in [-0.15, -0.1) is 0 Å². The first-order chi connectivity index (χ1) is 13.4. The Morgan fingerprint density at radius 3 is 2.79 bits per heavy atom. The summed E-state index contributed by atoms with van der Waals surface area (Å²) in [6, 6.07) is 5.11. The molecule has 28 heavy (non-hydrogen) atoms. The maximum Gasteiger partial charge on any atom is 0.256 e. The quantitative estimate of drug-likeness (QED) is 0.685. The van der Waals surface area contributed by atoms with E-state index in [0.717, 1.165) is 55.5 Å². The first-order valence-corrected chi connectivity index (χ1v) is 9.50. The minimum Gasteiger partial charge on any atom is -0.337 e. The Balaban J connectivity index is 1.70. The van der Waals surface area contributed by atoms with E-state index in [-0.39, 0.29) is 18.0 Å². The van der Waals surface area contributed by atoms with Crippen LogP contribution >= 0.6 is 0 Å². The molecule has 7 heteroatoms. The van der Waals surface area contributed by atoms with Crippen LogP contribution in [-0.2, 0) is 19.5 Å². The summed E-state index contributed by atoms with van der Waals surface area (Å²) in [6.45, 7) is 2.75. The zero-order valence-electron chi connectivity index (χ0n) is 16.0. The van der Waals surface area contributed by atoms with Gasteiger partial charge in [-0.2, -0.15) is 0 Å². The number of hydrogen-bond donors (Lipinski definition) is 0. The molecule has 0 N–H and O–H groups in total. The van der Waals surface area contributed by atoms with Gasteiger partial charge in [0.25, 0.3) is 5.91 Å². The lowest BCUT2D eigenvalue weighted by atomic mass is 10.1. The fourth-order valence-electron chi connectivity index (χ4n) is 3.76. The van der Waals surface area contributed by atoms with Crippen molar-refractivity contribution in [1.82, 2.24) is 19.4 Å². The number of aryl methyl sites for hydroxylation is 3. The molecule has 2 aromatic heterocycles. The number of halogens is 2. The Morgan fingerprint density at radius 2 is 2.00 bits per heavy atom. The van der Waals surface area contributed by atoms with Crippen LogP contribution in [0.1, 0.15) is 46.7 Å². The third-order valence-electron chi connectivity index (χ3n) is 5.19. The van der Waals surface area contributed by atoms with Gasteiger partial charge in [0.15, 0.2) is 5.65 Å². The van der Waals surface area contributed by atoms with Crippen molar-refractivity contribution >= 4 is 17.1 Å². The Morgan fingerprint density at radius 1 is 1.18 bits per heavy atom. The first kappa shape index (κ1) is 18.5. The molecule has 0 saturated heterocycles. The van der Waals surface area contributed by atoms with Gasteiger partial charge in [-0.05, 0) is 31.9 Å². The molecule has 1 aromatic carbocycles. The Labute approximate surface area is 162 Å². The van der Waals surface area contributed by atoms with Crippen molar-refractivity contribution in [2.75, 3.05) is 7.05 Å².